The fourth-order valence-corrected chi connectivity index (χ4v) is 3.26. The molecule has 1 saturated heterocycles. The molecule has 0 radical (unpaired) electrons. The molecule has 1 aromatic rings. The van der Waals surface area contributed by atoms with E-state index >= 15 is 0 Å². The predicted molar refractivity (Wildman–Crippen MR) is 72.3 cm³/mol. The highest BCUT2D eigenvalue weighted by Gasteiger charge is 2.21. The highest BCUT2D eigenvalue weighted by Crippen LogP contribution is 2.08. The molecule has 0 amide bonds. The molecule has 0 aromatic carbocycles. The summed E-state index contributed by atoms with van der Waals surface area (Å²) in [6, 6.07) is 1.95. The highest BCUT2D eigenvalue weighted by atomic mass is 32.2. The summed E-state index contributed by atoms with van der Waals surface area (Å²) in [6.45, 7) is 4.86. The van der Waals surface area contributed by atoms with Crippen molar-refractivity contribution in [2.24, 2.45) is 0 Å². The van der Waals surface area contributed by atoms with E-state index in [0.29, 0.717) is 17.9 Å². The van der Waals surface area contributed by atoms with Gasteiger partial charge in [0.1, 0.15) is 0 Å². The van der Waals surface area contributed by atoms with Crippen molar-refractivity contribution in [2.75, 3.05) is 13.1 Å². The number of rotatable bonds is 4. The molecule has 0 spiro atoms. The summed E-state index contributed by atoms with van der Waals surface area (Å²) in [5.41, 5.74) is 1.31. The third kappa shape index (κ3) is 3.95. The molecule has 1 fully saturated rings. The summed E-state index contributed by atoms with van der Waals surface area (Å²) in [4.78, 5) is 7.97. The summed E-state index contributed by atoms with van der Waals surface area (Å²) < 4.78 is 26.8. The van der Waals surface area contributed by atoms with Crippen LogP contribution in [0.15, 0.2) is 11.2 Å². The molecular weight excluding hydrogens is 264 g/mol. The van der Waals surface area contributed by atoms with Crippen LogP contribution in [0, 0.1) is 13.8 Å². The van der Waals surface area contributed by atoms with Crippen LogP contribution in [0.2, 0.25) is 0 Å². The van der Waals surface area contributed by atoms with E-state index in [9.17, 15) is 8.42 Å². The Morgan fingerprint density at radius 2 is 2.00 bits per heavy atom. The minimum Gasteiger partial charge on any atom is -0.313 e. The van der Waals surface area contributed by atoms with Crippen LogP contribution >= 0.6 is 0 Å². The van der Waals surface area contributed by atoms with Crippen molar-refractivity contribution >= 4 is 10.0 Å². The summed E-state index contributed by atoms with van der Waals surface area (Å²) >= 11 is 0. The van der Waals surface area contributed by atoms with Crippen LogP contribution in [-0.2, 0) is 10.0 Å². The van der Waals surface area contributed by atoms with Crippen LogP contribution in [0.4, 0.5) is 0 Å². The van der Waals surface area contributed by atoms with Crippen LogP contribution in [0.3, 0.4) is 0 Å². The lowest BCUT2D eigenvalue weighted by Gasteiger charge is -2.23. The van der Waals surface area contributed by atoms with Gasteiger partial charge in [-0.05, 0) is 39.3 Å². The fraction of sp³-hybridized carbons (Fsp3) is 0.667. The van der Waals surface area contributed by atoms with Gasteiger partial charge in [0.15, 0.2) is 0 Å². The zero-order valence-corrected chi connectivity index (χ0v) is 12.1. The second-order valence-corrected chi connectivity index (χ2v) is 6.59. The lowest BCUT2D eigenvalue weighted by Crippen LogP contribution is -2.43. The van der Waals surface area contributed by atoms with Gasteiger partial charge in [-0.3, -0.25) is 0 Å². The molecule has 1 aromatic heterocycles. The minimum atomic E-state index is -3.62. The normalized spacial score (nSPS) is 20.4. The zero-order chi connectivity index (χ0) is 13.9. The molecule has 1 atom stereocenters. The van der Waals surface area contributed by atoms with Crippen LogP contribution in [-0.4, -0.2) is 37.5 Å². The second-order valence-electron chi connectivity index (χ2n) is 4.93. The summed E-state index contributed by atoms with van der Waals surface area (Å²) in [7, 11) is -3.62. The van der Waals surface area contributed by atoms with Crippen molar-refractivity contribution in [3.05, 3.63) is 17.5 Å². The van der Waals surface area contributed by atoms with E-state index in [4.69, 9.17) is 0 Å². The molecule has 0 saturated carbocycles. The molecule has 1 aliphatic heterocycles. The van der Waals surface area contributed by atoms with Gasteiger partial charge in [-0.2, -0.15) is 0 Å². The van der Waals surface area contributed by atoms with Gasteiger partial charge in [0.05, 0.1) is 0 Å². The first kappa shape index (κ1) is 14.4. The number of nitrogens with zero attached hydrogens (tertiary/aromatic N) is 2. The summed E-state index contributed by atoms with van der Waals surface area (Å²) in [5, 5.41) is 3.16. The molecule has 2 heterocycles. The zero-order valence-electron chi connectivity index (χ0n) is 11.3. The summed E-state index contributed by atoms with van der Waals surface area (Å²) in [6.07, 6.45) is 3.29. The summed E-state index contributed by atoms with van der Waals surface area (Å²) in [5.74, 6) is 0. The number of piperidine rings is 1. The van der Waals surface area contributed by atoms with E-state index in [0.717, 1.165) is 25.8 Å². The Hall–Kier alpha value is -1.05. The maximum Gasteiger partial charge on any atom is 0.276 e. The minimum absolute atomic E-state index is 0.138. The molecule has 6 nitrogen and oxygen atoms in total. The van der Waals surface area contributed by atoms with E-state index in [1.807, 2.05) is 0 Å². The molecule has 2 N–H and O–H groups in total. The van der Waals surface area contributed by atoms with Crippen molar-refractivity contribution in [3.63, 3.8) is 0 Å². The van der Waals surface area contributed by atoms with Gasteiger partial charge in [-0.15, -0.1) is 0 Å². The molecule has 19 heavy (non-hydrogen) atoms. The maximum absolute atomic E-state index is 12.1. The molecule has 106 valence electrons. The average molecular weight is 284 g/mol. The van der Waals surface area contributed by atoms with Gasteiger partial charge in [-0.1, -0.05) is 6.42 Å². The molecule has 7 heteroatoms. The number of hydrogen-bond acceptors (Lipinski definition) is 5. The van der Waals surface area contributed by atoms with Crippen LogP contribution < -0.4 is 10.0 Å². The smallest absolute Gasteiger partial charge is 0.276 e. The SMILES string of the molecule is Cc1cc(C)nc(S(=O)(=O)NC[C@H]2CCCCN2)n1. The van der Waals surface area contributed by atoms with Crippen molar-refractivity contribution < 1.29 is 8.42 Å². The largest absolute Gasteiger partial charge is 0.313 e. The van der Waals surface area contributed by atoms with Crippen LogP contribution in [0.5, 0.6) is 0 Å². The molecular formula is C12H20N4O2S. The predicted octanol–water partition coefficient (Wildman–Crippen LogP) is 0.514. The van der Waals surface area contributed by atoms with E-state index in [2.05, 4.69) is 20.0 Å². The number of sulfonamides is 1. The lowest BCUT2D eigenvalue weighted by molar-refractivity contribution is 0.398. The third-order valence-electron chi connectivity index (χ3n) is 3.13. The molecule has 1 aliphatic rings. The monoisotopic (exact) mass is 284 g/mol. The first-order chi connectivity index (χ1) is 8.97. The molecule has 0 aliphatic carbocycles. The molecule has 0 bridgehead atoms. The van der Waals surface area contributed by atoms with Gasteiger partial charge in [0.2, 0.25) is 0 Å². The van der Waals surface area contributed by atoms with E-state index in [-0.39, 0.29) is 11.2 Å². The van der Waals surface area contributed by atoms with Crippen LogP contribution in [0.1, 0.15) is 30.7 Å². The van der Waals surface area contributed by atoms with Gasteiger partial charge < -0.3 is 5.32 Å². The first-order valence-electron chi connectivity index (χ1n) is 6.53. The van der Waals surface area contributed by atoms with Gasteiger partial charge in [-0.25, -0.2) is 23.1 Å². The van der Waals surface area contributed by atoms with Gasteiger partial charge >= 0.3 is 0 Å². The average Bonchev–Trinajstić information content (AvgIpc) is 2.37. The van der Waals surface area contributed by atoms with Gasteiger partial charge in [0.25, 0.3) is 15.2 Å². The van der Waals surface area contributed by atoms with E-state index < -0.39 is 10.0 Å². The van der Waals surface area contributed by atoms with Gasteiger partial charge in [0, 0.05) is 24.0 Å². The quantitative estimate of drug-likeness (QED) is 0.787. The Labute approximate surface area is 114 Å². The first-order valence-corrected chi connectivity index (χ1v) is 8.01. The Morgan fingerprint density at radius 1 is 1.32 bits per heavy atom. The maximum atomic E-state index is 12.1. The highest BCUT2D eigenvalue weighted by molar-refractivity contribution is 7.89. The second kappa shape index (κ2) is 5.94. The Balaban J connectivity index is 2.04. The standard InChI is InChI=1S/C12H20N4O2S/c1-9-7-10(2)16-12(15-9)19(17,18)14-8-11-5-3-4-6-13-11/h7,11,13-14H,3-6,8H2,1-2H3/t11-/m1/s1. The van der Waals surface area contributed by atoms with Crippen molar-refractivity contribution in [2.45, 2.75) is 44.3 Å². The Morgan fingerprint density at radius 3 is 2.58 bits per heavy atom. The molecule has 0 unspecified atom stereocenters. The third-order valence-corrected chi connectivity index (χ3v) is 4.34. The Kier molecular flexibility index (Phi) is 4.49. The lowest BCUT2D eigenvalue weighted by atomic mass is 10.1. The topological polar surface area (TPSA) is 84.0 Å². The number of aromatic nitrogens is 2. The van der Waals surface area contributed by atoms with E-state index in [1.165, 1.54) is 0 Å². The fourth-order valence-electron chi connectivity index (χ4n) is 2.19. The van der Waals surface area contributed by atoms with Crippen molar-refractivity contribution in [1.82, 2.24) is 20.0 Å². The number of hydrogen-bond donors (Lipinski definition) is 2. The Bertz CT molecular complexity index is 518. The van der Waals surface area contributed by atoms with Crippen LogP contribution in [0.25, 0.3) is 0 Å². The van der Waals surface area contributed by atoms with Crippen molar-refractivity contribution in [1.29, 1.82) is 0 Å². The molecule has 2 rings (SSSR count). The number of nitrogens with one attached hydrogen (secondary N) is 2. The van der Waals surface area contributed by atoms with Crippen molar-refractivity contribution in [3.8, 4) is 0 Å². The number of aryl methyl sites for hydroxylation is 2. The van der Waals surface area contributed by atoms with E-state index in [1.54, 1.807) is 19.9 Å².